The SMILES string of the molecule is O=c1[nH]c(-c2c(F)cccc2F)nn1-c1ccccc1C(F)(F)F. The summed E-state index contributed by atoms with van der Waals surface area (Å²) in [6.07, 6.45) is -4.72. The third-order valence-electron chi connectivity index (χ3n) is 3.25. The molecule has 0 spiro atoms. The summed E-state index contributed by atoms with van der Waals surface area (Å²) >= 11 is 0. The van der Waals surface area contributed by atoms with Gasteiger partial charge in [0.2, 0.25) is 0 Å². The molecule has 0 aliphatic rings. The quantitative estimate of drug-likeness (QED) is 0.725. The van der Waals surface area contributed by atoms with Crippen molar-refractivity contribution in [3.8, 4) is 17.1 Å². The first-order chi connectivity index (χ1) is 11.3. The van der Waals surface area contributed by atoms with E-state index in [4.69, 9.17) is 0 Å². The van der Waals surface area contributed by atoms with Crippen LogP contribution in [0, 0.1) is 11.6 Å². The van der Waals surface area contributed by atoms with Crippen LogP contribution >= 0.6 is 0 Å². The zero-order valence-electron chi connectivity index (χ0n) is 11.7. The molecular weight excluding hydrogens is 333 g/mol. The van der Waals surface area contributed by atoms with Gasteiger partial charge in [0.15, 0.2) is 5.82 Å². The Balaban J connectivity index is 2.21. The standard InChI is InChI=1S/C15H8F5N3O/c16-9-5-3-6-10(17)12(9)13-21-14(24)23(22-13)11-7-2-1-4-8(11)15(18,19)20/h1-7H,(H,21,22,24). The fraction of sp³-hybridized carbons (Fsp3) is 0.0667. The lowest BCUT2D eigenvalue weighted by molar-refractivity contribution is -0.137. The minimum Gasteiger partial charge on any atom is -0.288 e. The van der Waals surface area contributed by atoms with Gasteiger partial charge in [0.05, 0.1) is 16.8 Å². The molecule has 0 atom stereocenters. The smallest absolute Gasteiger partial charge is 0.288 e. The lowest BCUT2D eigenvalue weighted by atomic mass is 10.2. The summed E-state index contributed by atoms with van der Waals surface area (Å²) in [5, 5.41) is 3.61. The second kappa shape index (κ2) is 5.59. The monoisotopic (exact) mass is 341 g/mol. The number of hydrogen-bond acceptors (Lipinski definition) is 2. The van der Waals surface area contributed by atoms with E-state index in [-0.39, 0.29) is 0 Å². The van der Waals surface area contributed by atoms with Gasteiger partial charge in [0, 0.05) is 0 Å². The normalized spacial score (nSPS) is 11.7. The molecule has 24 heavy (non-hydrogen) atoms. The molecule has 0 saturated carbocycles. The van der Waals surface area contributed by atoms with Gasteiger partial charge >= 0.3 is 11.9 Å². The van der Waals surface area contributed by atoms with Gasteiger partial charge in [-0.25, -0.2) is 13.6 Å². The van der Waals surface area contributed by atoms with Crippen molar-refractivity contribution in [3.05, 3.63) is 70.1 Å². The molecule has 0 unspecified atom stereocenters. The molecule has 124 valence electrons. The minimum atomic E-state index is -4.72. The zero-order valence-corrected chi connectivity index (χ0v) is 11.7. The van der Waals surface area contributed by atoms with Gasteiger partial charge in [-0.3, -0.25) is 4.98 Å². The maximum absolute atomic E-state index is 13.8. The lowest BCUT2D eigenvalue weighted by Gasteiger charge is -2.11. The Labute approximate surface area is 131 Å². The van der Waals surface area contributed by atoms with Crippen LogP contribution in [-0.4, -0.2) is 14.8 Å². The molecule has 9 heteroatoms. The molecule has 0 radical (unpaired) electrons. The number of nitrogens with zero attached hydrogens (tertiary/aromatic N) is 2. The van der Waals surface area contributed by atoms with E-state index < -0.39 is 46.1 Å². The summed E-state index contributed by atoms with van der Waals surface area (Å²) in [5.41, 5.74) is -3.32. The molecule has 3 rings (SSSR count). The Morgan fingerprint density at radius 2 is 1.58 bits per heavy atom. The van der Waals surface area contributed by atoms with Crippen LogP contribution < -0.4 is 5.69 Å². The third kappa shape index (κ3) is 2.68. The number of hydrogen-bond donors (Lipinski definition) is 1. The molecule has 0 fully saturated rings. The van der Waals surface area contributed by atoms with Crippen molar-refractivity contribution in [3.63, 3.8) is 0 Å². The zero-order chi connectivity index (χ0) is 17.5. The fourth-order valence-corrected chi connectivity index (χ4v) is 2.22. The molecule has 1 aromatic heterocycles. The van der Waals surface area contributed by atoms with E-state index in [0.29, 0.717) is 4.68 Å². The van der Waals surface area contributed by atoms with Crippen molar-refractivity contribution in [2.24, 2.45) is 0 Å². The molecule has 0 bridgehead atoms. The number of alkyl halides is 3. The number of aromatic amines is 1. The van der Waals surface area contributed by atoms with Crippen LogP contribution in [0.25, 0.3) is 17.1 Å². The number of aromatic nitrogens is 3. The molecule has 0 aliphatic heterocycles. The van der Waals surface area contributed by atoms with E-state index in [9.17, 15) is 26.7 Å². The molecule has 1 heterocycles. The first-order valence-corrected chi connectivity index (χ1v) is 6.59. The fourth-order valence-electron chi connectivity index (χ4n) is 2.22. The Kier molecular flexibility index (Phi) is 3.70. The predicted molar refractivity (Wildman–Crippen MR) is 74.5 cm³/mol. The number of para-hydroxylation sites is 1. The highest BCUT2D eigenvalue weighted by Crippen LogP contribution is 2.33. The predicted octanol–water partition coefficient (Wildman–Crippen LogP) is 3.52. The summed E-state index contributed by atoms with van der Waals surface area (Å²) in [5.74, 6) is -2.51. The van der Waals surface area contributed by atoms with Crippen molar-refractivity contribution in [1.82, 2.24) is 14.8 Å². The summed E-state index contributed by atoms with van der Waals surface area (Å²) in [6.45, 7) is 0. The third-order valence-corrected chi connectivity index (χ3v) is 3.25. The first kappa shape index (κ1) is 15.9. The van der Waals surface area contributed by atoms with Crippen LogP contribution in [-0.2, 0) is 6.18 Å². The van der Waals surface area contributed by atoms with Crippen molar-refractivity contribution in [1.29, 1.82) is 0 Å². The van der Waals surface area contributed by atoms with E-state index in [1.54, 1.807) is 0 Å². The van der Waals surface area contributed by atoms with Crippen molar-refractivity contribution in [2.45, 2.75) is 6.18 Å². The molecule has 1 N–H and O–H groups in total. The van der Waals surface area contributed by atoms with Gasteiger partial charge < -0.3 is 0 Å². The van der Waals surface area contributed by atoms with Gasteiger partial charge in [-0.15, -0.1) is 5.10 Å². The Morgan fingerprint density at radius 3 is 2.21 bits per heavy atom. The van der Waals surface area contributed by atoms with Gasteiger partial charge in [-0.1, -0.05) is 18.2 Å². The summed E-state index contributed by atoms with van der Waals surface area (Å²) < 4.78 is 67.1. The maximum Gasteiger partial charge on any atom is 0.418 e. The molecule has 3 aromatic rings. The molecular formula is C15H8F5N3O. The number of rotatable bonds is 2. The maximum atomic E-state index is 13.8. The summed E-state index contributed by atoms with van der Waals surface area (Å²) in [4.78, 5) is 14.0. The lowest BCUT2D eigenvalue weighted by Crippen LogP contribution is -2.20. The molecule has 0 saturated heterocycles. The highest BCUT2D eigenvalue weighted by molar-refractivity contribution is 5.56. The van der Waals surface area contributed by atoms with Gasteiger partial charge in [0.1, 0.15) is 11.6 Å². The van der Waals surface area contributed by atoms with E-state index in [1.165, 1.54) is 6.07 Å². The highest BCUT2D eigenvalue weighted by Gasteiger charge is 2.34. The molecule has 0 amide bonds. The number of benzene rings is 2. The Bertz CT molecular complexity index is 938. The molecule has 2 aromatic carbocycles. The summed E-state index contributed by atoms with van der Waals surface area (Å²) in [7, 11) is 0. The largest absolute Gasteiger partial charge is 0.418 e. The number of H-pyrrole nitrogens is 1. The van der Waals surface area contributed by atoms with Gasteiger partial charge in [-0.2, -0.15) is 17.9 Å². The van der Waals surface area contributed by atoms with Crippen LogP contribution in [0.5, 0.6) is 0 Å². The first-order valence-electron chi connectivity index (χ1n) is 6.59. The average molecular weight is 341 g/mol. The number of nitrogens with one attached hydrogen (secondary N) is 1. The van der Waals surface area contributed by atoms with Crippen molar-refractivity contribution < 1.29 is 22.0 Å². The van der Waals surface area contributed by atoms with Crippen LogP contribution in [0.2, 0.25) is 0 Å². The van der Waals surface area contributed by atoms with E-state index in [1.807, 2.05) is 0 Å². The van der Waals surface area contributed by atoms with Crippen LogP contribution in [0.1, 0.15) is 5.56 Å². The second-order valence-electron chi connectivity index (χ2n) is 4.80. The Morgan fingerprint density at radius 1 is 0.958 bits per heavy atom. The highest BCUT2D eigenvalue weighted by atomic mass is 19.4. The van der Waals surface area contributed by atoms with Crippen molar-refractivity contribution in [2.75, 3.05) is 0 Å². The van der Waals surface area contributed by atoms with Crippen molar-refractivity contribution >= 4 is 0 Å². The van der Waals surface area contributed by atoms with E-state index in [2.05, 4.69) is 10.1 Å². The topological polar surface area (TPSA) is 50.7 Å². The van der Waals surface area contributed by atoms with Crippen LogP contribution in [0.4, 0.5) is 22.0 Å². The minimum absolute atomic E-state index is 0.421. The van der Waals surface area contributed by atoms with Gasteiger partial charge in [-0.05, 0) is 24.3 Å². The number of halogens is 5. The average Bonchev–Trinajstić information content (AvgIpc) is 2.87. The van der Waals surface area contributed by atoms with Crippen LogP contribution in [0.3, 0.4) is 0 Å². The van der Waals surface area contributed by atoms with Crippen LogP contribution in [0.15, 0.2) is 47.3 Å². The van der Waals surface area contributed by atoms with E-state index >= 15 is 0 Å². The van der Waals surface area contributed by atoms with Gasteiger partial charge in [0.25, 0.3) is 0 Å². The molecule has 0 aliphatic carbocycles. The second-order valence-corrected chi connectivity index (χ2v) is 4.80. The van der Waals surface area contributed by atoms with E-state index in [0.717, 1.165) is 36.4 Å². The molecule has 4 nitrogen and oxygen atoms in total. The Hall–Kier alpha value is -2.97. The summed E-state index contributed by atoms with van der Waals surface area (Å²) in [6, 6.07) is 7.25.